The molecule has 0 aromatic heterocycles. The van der Waals surface area contributed by atoms with Gasteiger partial charge in [-0.3, -0.25) is 4.79 Å². The molecule has 0 heterocycles. The van der Waals surface area contributed by atoms with Gasteiger partial charge in [0.1, 0.15) is 5.82 Å². The molecule has 0 saturated heterocycles. The van der Waals surface area contributed by atoms with Crippen LogP contribution < -0.4 is 16.0 Å². The van der Waals surface area contributed by atoms with Gasteiger partial charge in [-0.15, -0.1) is 0 Å². The summed E-state index contributed by atoms with van der Waals surface area (Å²) in [5, 5.41) is 2.84. The van der Waals surface area contributed by atoms with Gasteiger partial charge in [0.15, 0.2) is 0 Å². The van der Waals surface area contributed by atoms with Crippen molar-refractivity contribution in [2.75, 3.05) is 25.0 Å². The van der Waals surface area contributed by atoms with Gasteiger partial charge in [0, 0.05) is 20.1 Å². The molecule has 1 atom stereocenters. The quantitative estimate of drug-likeness (QED) is 0.723. The summed E-state index contributed by atoms with van der Waals surface area (Å²) in [6.07, 6.45) is 2.27. The Morgan fingerprint density at radius 2 is 2.10 bits per heavy atom. The van der Waals surface area contributed by atoms with Crippen molar-refractivity contribution < 1.29 is 9.18 Å². The number of nitrogens with zero attached hydrogens (tertiary/aromatic N) is 1. The van der Waals surface area contributed by atoms with Crippen LogP contribution in [0.3, 0.4) is 0 Å². The lowest BCUT2D eigenvalue weighted by Gasteiger charge is -2.24. The number of carbonyl (C=O) groups is 1. The van der Waals surface area contributed by atoms with Gasteiger partial charge in [-0.2, -0.15) is 0 Å². The summed E-state index contributed by atoms with van der Waals surface area (Å²) >= 11 is 0. The minimum absolute atomic E-state index is 0.127. The lowest BCUT2D eigenvalue weighted by Crippen LogP contribution is -2.51. The number of halogens is 1. The number of amides is 1. The Morgan fingerprint density at radius 1 is 1.43 bits per heavy atom. The molecule has 1 amide bonds. The van der Waals surface area contributed by atoms with Gasteiger partial charge in [-0.1, -0.05) is 25.5 Å². The van der Waals surface area contributed by atoms with E-state index in [4.69, 9.17) is 5.73 Å². The average Bonchev–Trinajstić information content (AvgIpc) is 2.43. The maximum Gasteiger partial charge on any atom is 0.239 e. The molecule has 1 unspecified atom stereocenters. The molecule has 0 fully saturated rings. The highest BCUT2D eigenvalue weighted by molar-refractivity contribution is 5.85. The van der Waals surface area contributed by atoms with E-state index in [-0.39, 0.29) is 11.7 Å². The number of anilines is 1. The van der Waals surface area contributed by atoms with Crippen LogP contribution in [0.15, 0.2) is 24.3 Å². The zero-order chi connectivity index (χ0) is 15.9. The topological polar surface area (TPSA) is 58.4 Å². The van der Waals surface area contributed by atoms with Crippen molar-refractivity contribution in [2.45, 2.75) is 38.6 Å². The SMILES string of the molecule is CCCC(C)(N)C(=O)NCCCN(C)c1ccccc1F. The smallest absolute Gasteiger partial charge is 0.239 e. The molecule has 0 aliphatic rings. The second-order valence-corrected chi connectivity index (χ2v) is 5.65. The summed E-state index contributed by atoms with van der Waals surface area (Å²) in [5.41, 5.74) is 5.71. The molecule has 21 heavy (non-hydrogen) atoms. The zero-order valence-corrected chi connectivity index (χ0v) is 13.2. The molecular formula is C16H26FN3O. The van der Waals surface area contributed by atoms with Gasteiger partial charge in [0.2, 0.25) is 5.91 Å². The maximum absolute atomic E-state index is 13.6. The predicted octanol–water partition coefficient (Wildman–Crippen LogP) is 2.29. The van der Waals surface area contributed by atoms with Crippen LogP contribution in [0.5, 0.6) is 0 Å². The second kappa shape index (κ2) is 7.98. The van der Waals surface area contributed by atoms with Gasteiger partial charge < -0.3 is 16.0 Å². The summed E-state index contributed by atoms with van der Waals surface area (Å²) in [5.74, 6) is -0.362. The molecule has 1 rings (SSSR count). The highest BCUT2D eigenvalue weighted by Gasteiger charge is 2.26. The number of hydrogen-bond acceptors (Lipinski definition) is 3. The fourth-order valence-electron chi connectivity index (χ4n) is 2.23. The van der Waals surface area contributed by atoms with E-state index in [0.717, 1.165) is 12.8 Å². The number of hydrogen-bond donors (Lipinski definition) is 2. The molecule has 3 N–H and O–H groups in total. The molecule has 0 aliphatic heterocycles. The van der Waals surface area contributed by atoms with E-state index in [9.17, 15) is 9.18 Å². The van der Waals surface area contributed by atoms with Crippen LogP contribution in [-0.2, 0) is 4.79 Å². The molecule has 0 aliphatic carbocycles. The molecular weight excluding hydrogens is 269 g/mol. The van der Waals surface area contributed by atoms with Crippen LogP contribution in [0.4, 0.5) is 10.1 Å². The Morgan fingerprint density at radius 3 is 2.71 bits per heavy atom. The third kappa shape index (κ3) is 5.34. The van der Waals surface area contributed by atoms with Crippen LogP contribution in [0.1, 0.15) is 33.1 Å². The number of nitrogens with one attached hydrogen (secondary N) is 1. The summed E-state index contributed by atoms with van der Waals surface area (Å²) in [7, 11) is 1.84. The Bertz CT molecular complexity index is 463. The van der Waals surface area contributed by atoms with Crippen LogP contribution >= 0.6 is 0 Å². The Labute approximate surface area is 126 Å². The lowest BCUT2D eigenvalue weighted by molar-refractivity contribution is -0.126. The number of benzene rings is 1. The van der Waals surface area contributed by atoms with Crippen molar-refractivity contribution in [3.05, 3.63) is 30.1 Å². The van der Waals surface area contributed by atoms with Gasteiger partial charge in [-0.05, 0) is 31.9 Å². The van der Waals surface area contributed by atoms with Crippen molar-refractivity contribution in [1.82, 2.24) is 5.32 Å². The summed E-state index contributed by atoms with van der Waals surface area (Å²) in [6, 6.07) is 6.66. The van der Waals surface area contributed by atoms with Gasteiger partial charge in [-0.25, -0.2) is 4.39 Å². The van der Waals surface area contributed by atoms with Crippen molar-refractivity contribution in [2.24, 2.45) is 5.73 Å². The third-order valence-electron chi connectivity index (χ3n) is 3.51. The first kappa shape index (κ1) is 17.4. The predicted molar refractivity (Wildman–Crippen MR) is 84.8 cm³/mol. The Balaban J connectivity index is 2.34. The van der Waals surface area contributed by atoms with E-state index in [0.29, 0.717) is 25.2 Å². The van der Waals surface area contributed by atoms with E-state index in [1.54, 1.807) is 25.1 Å². The van der Waals surface area contributed by atoms with Crippen molar-refractivity contribution in [1.29, 1.82) is 0 Å². The van der Waals surface area contributed by atoms with Crippen LogP contribution in [0.2, 0.25) is 0 Å². The van der Waals surface area contributed by atoms with Gasteiger partial charge >= 0.3 is 0 Å². The molecule has 0 radical (unpaired) electrons. The maximum atomic E-state index is 13.6. The molecule has 5 heteroatoms. The van der Waals surface area contributed by atoms with Crippen molar-refractivity contribution in [3.8, 4) is 0 Å². The first-order valence-electron chi connectivity index (χ1n) is 7.41. The zero-order valence-electron chi connectivity index (χ0n) is 13.2. The molecule has 0 bridgehead atoms. The highest BCUT2D eigenvalue weighted by Crippen LogP contribution is 2.16. The van der Waals surface area contributed by atoms with Crippen LogP contribution in [0, 0.1) is 5.82 Å². The van der Waals surface area contributed by atoms with E-state index in [2.05, 4.69) is 5.32 Å². The standard InChI is InChI=1S/C16H26FN3O/c1-4-10-16(2,18)15(21)19-11-7-12-20(3)14-9-6-5-8-13(14)17/h5-6,8-9H,4,7,10-12,18H2,1-3H3,(H,19,21). The van der Waals surface area contributed by atoms with E-state index < -0.39 is 5.54 Å². The Kier molecular flexibility index (Phi) is 6.62. The first-order chi connectivity index (χ1) is 9.88. The van der Waals surface area contributed by atoms with E-state index in [1.165, 1.54) is 6.07 Å². The van der Waals surface area contributed by atoms with Crippen molar-refractivity contribution >= 4 is 11.6 Å². The molecule has 0 saturated carbocycles. The average molecular weight is 295 g/mol. The minimum Gasteiger partial charge on any atom is -0.372 e. The largest absolute Gasteiger partial charge is 0.372 e. The van der Waals surface area contributed by atoms with Crippen LogP contribution in [0.25, 0.3) is 0 Å². The minimum atomic E-state index is -0.813. The number of carbonyl (C=O) groups excluding carboxylic acids is 1. The number of para-hydroxylation sites is 1. The molecule has 1 aromatic rings. The van der Waals surface area contributed by atoms with Gasteiger partial charge in [0.25, 0.3) is 0 Å². The highest BCUT2D eigenvalue weighted by atomic mass is 19.1. The molecule has 0 spiro atoms. The number of rotatable bonds is 8. The third-order valence-corrected chi connectivity index (χ3v) is 3.51. The molecule has 4 nitrogen and oxygen atoms in total. The van der Waals surface area contributed by atoms with E-state index >= 15 is 0 Å². The fraction of sp³-hybridized carbons (Fsp3) is 0.562. The first-order valence-corrected chi connectivity index (χ1v) is 7.41. The summed E-state index contributed by atoms with van der Waals surface area (Å²) in [4.78, 5) is 13.8. The van der Waals surface area contributed by atoms with Crippen molar-refractivity contribution in [3.63, 3.8) is 0 Å². The van der Waals surface area contributed by atoms with E-state index in [1.807, 2.05) is 18.9 Å². The monoisotopic (exact) mass is 295 g/mol. The number of nitrogens with two attached hydrogens (primary N) is 1. The fourth-order valence-corrected chi connectivity index (χ4v) is 2.23. The summed E-state index contributed by atoms with van der Waals surface area (Å²) < 4.78 is 13.6. The second-order valence-electron chi connectivity index (χ2n) is 5.65. The normalized spacial score (nSPS) is 13.6. The lowest BCUT2D eigenvalue weighted by atomic mass is 9.96. The Hall–Kier alpha value is -1.62. The molecule has 1 aromatic carbocycles. The van der Waals surface area contributed by atoms with Gasteiger partial charge in [0.05, 0.1) is 11.2 Å². The summed E-state index contributed by atoms with van der Waals surface area (Å²) in [6.45, 7) is 4.95. The van der Waals surface area contributed by atoms with Crippen LogP contribution in [-0.4, -0.2) is 31.6 Å². The molecule has 118 valence electrons.